The van der Waals surface area contributed by atoms with E-state index >= 15 is 0 Å². The minimum Gasteiger partial charge on any atom is -0.335 e. The molecule has 0 aliphatic heterocycles. The minimum atomic E-state index is -3.38. The standard InChI is InChI=1S/C24H32N2O3S/c1-4-15-30(28,29)20-12-13-21(18-9-6-5-7-10-18)22(16-20)26-23(27)25-19-11-8-14-24(2,3)17-19/h5-7,9-10,12-13,16,19H,4,8,11,14-15,17H2,1-3H3,(H2,25,26,27). The minimum absolute atomic E-state index is 0.0838. The van der Waals surface area contributed by atoms with Gasteiger partial charge in [-0.2, -0.15) is 0 Å². The van der Waals surface area contributed by atoms with Gasteiger partial charge in [-0.1, -0.05) is 63.6 Å². The first-order chi connectivity index (χ1) is 14.2. The number of anilines is 1. The highest BCUT2D eigenvalue weighted by atomic mass is 32.2. The number of sulfone groups is 1. The van der Waals surface area contributed by atoms with Gasteiger partial charge in [0.15, 0.2) is 9.84 Å². The molecular weight excluding hydrogens is 396 g/mol. The van der Waals surface area contributed by atoms with Gasteiger partial charge in [-0.15, -0.1) is 0 Å². The second-order valence-electron chi connectivity index (χ2n) is 8.95. The average Bonchev–Trinajstić information content (AvgIpc) is 2.67. The topological polar surface area (TPSA) is 75.3 Å². The highest BCUT2D eigenvalue weighted by Crippen LogP contribution is 2.35. The molecule has 1 atom stereocenters. The zero-order chi connectivity index (χ0) is 21.8. The van der Waals surface area contributed by atoms with E-state index in [2.05, 4.69) is 24.5 Å². The molecule has 2 aromatic rings. The fourth-order valence-electron chi connectivity index (χ4n) is 4.24. The lowest BCUT2D eigenvalue weighted by molar-refractivity contribution is 0.196. The summed E-state index contributed by atoms with van der Waals surface area (Å²) in [6.07, 6.45) is 4.72. The summed E-state index contributed by atoms with van der Waals surface area (Å²) in [5.41, 5.74) is 2.45. The Bertz CT molecular complexity index is 985. The fraction of sp³-hybridized carbons (Fsp3) is 0.458. The lowest BCUT2D eigenvalue weighted by Gasteiger charge is -2.35. The highest BCUT2D eigenvalue weighted by molar-refractivity contribution is 7.91. The summed E-state index contributed by atoms with van der Waals surface area (Å²) in [7, 11) is -3.38. The predicted octanol–water partition coefficient (Wildman–Crippen LogP) is 5.63. The van der Waals surface area contributed by atoms with E-state index in [0.29, 0.717) is 12.1 Å². The molecule has 3 rings (SSSR count). The number of hydrogen-bond acceptors (Lipinski definition) is 3. The molecule has 6 heteroatoms. The molecule has 1 aliphatic rings. The molecule has 1 aliphatic carbocycles. The van der Waals surface area contributed by atoms with E-state index < -0.39 is 9.84 Å². The van der Waals surface area contributed by atoms with E-state index in [4.69, 9.17) is 0 Å². The van der Waals surface area contributed by atoms with Crippen molar-refractivity contribution in [1.82, 2.24) is 5.32 Å². The first kappa shape index (κ1) is 22.3. The van der Waals surface area contributed by atoms with Crippen LogP contribution in [0.25, 0.3) is 11.1 Å². The number of nitrogens with one attached hydrogen (secondary N) is 2. The Labute approximate surface area is 180 Å². The fourth-order valence-corrected chi connectivity index (χ4v) is 5.59. The largest absolute Gasteiger partial charge is 0.335 e. The smallest absolute Gasteiger partial charge is 0.319 e. The van der Waals surface area contributed by atoms with E-state index in [-0.39, 0.29) is 28.1 Å². The molecule has 2 aromatic carbocycles. The lowest BCUT2D eigenvalue weighted by Crippen LogP contribution is -2.42. The number of carbonyl (C=O) groups is 1. The normalized spacial score (nSPS) is 18.6. The van der Waals surface area contributed by atoms with Crippen LogP contribution < -0.4 is 10.6 Å². The Kier molecular flexibility index (Phi) is 6.86. The predicted molar refractivity (Wildman–Crippen MR) is 122 cm³/mol. The lowest BCUT2D eigenvalue weighted by atomic mass is 9.75. The summed E-state index contributed by atoms with van der Waals surface area (Å²) in [6.45, 7) is 6.30. The summed E-state index contributed by atoms with van der Waals surface area (Å²) in [5.74, 6) is 0.0838. The molecule has 162 valence electrons. The van der Waals surface area contributed by atoms with Gasteiger partial charge in [-0.3, -0.25) is 0 Å². The van der Waals surface area contributed by atoms with Crippen LogP contribution in [0.3, 0.4) is 0 Å². The molecule has 1 fully saturated rings. The molecule has 1 unspecified atom stereocenters. The highest BCUT2D eigenvalue weighted by Gasteiger charge is 2.29. The SMILES string of the molecule is CCCS(=O)(=O)c1ccc(-c2ccccc2)c(NC(=O)NC2CCCC(C)(C)C2)c1. The molecule has 5 nitrogen and oxygen atoms in total. The van der Waals surface area contributed by atoms with Crippen LogP contribution in [-0.2, 0) is 9.84 Å². The van der Waals surface area contributed by atoms with E-state index in [0.717, 1.165) is 30.4 Å². The van der Waals surface area contributed by atoms with Crippen molar-refractivity contribution in [3.63, 3.8) is 0 Å². The third-order valence-corrected chi connectivity index (χ3v) is 7.61. The second-order valence-corrected chi connectivity index (χ2v) is 11.1. The molecule has 30 heavy (non-hydrogen) atoms. The van der Waals surface area contributed by atoms with Crippen LogP contribution in [0.15, 0.2) is 53.4 Å². The van der Waals surface area contributed by atoms with Gasteiger partial charge in [0.05, 0.1) is 16.3 Å². The average molecular weight is 429 g/mol. The van der Waals surface area contributed by atoms with Crippen molar-refractivity contribution in [3.8, 4) is 11.1 Å². The quantitative estimate of drug-likeness (QED) is 0.626. The Hall–Kier alpha value is -2.34. The van der Waals surface area contributed by atoms with Crippen LogP contribution in [0.4, 0.5) is 10.5 Å². The van der Waals surface area contributed by atoms with Crippen molar-refractivity contribution >= 4 is 21.6 Å². The van der Waals surface area contributed by atoms with Crippen molar-refractivity contribution in [1.29, 1.82) is 0 Å². The number of rotatable bonds is 6. The van der Waals surface area contributed by atoms with Gasteiger partial charge in [0, 0.05) is 11.6 Å². The van der Waals surface area contributed by atoms with Crippen LogP contribution in [0, 0.1) is 5.41 Å². The molecule has 0 radical (unpaired) electrons. The van der Waals surface area contributed by atoms with E-state index in [1.165, 1.54) is 6.42 Å². The number of urea groups is 1. The number of amides is 2. The molecule has 2 amide bonds. The van der Waals surface area contributed by atoms with E-state index in [1.54, 1.807) is 18.2 Å². The molecule has 0 aromatic heterocycles. The first-order valence-electron chi connectivity index (χ1n) is 10.7. The van der Waals surface area contributed by atoms with Crippen molar-refractivity contribution in [2.75, 3.05) is 11.1 Å². The Morgan fingerprint density at radius 3 is 2.53 bits per heavy atom. The molecule has 0 spiro atoms. The zero-order valence-electron chi connectivity index (χ0n) is 18.1. The van der Waals surface area contributed by atoms with Crippen LogP contribution >= 0.6 is 0 Å². The summed E-state index contributed by atoms with van der Waals surface area (Å²) in [5, 5.41) is 6.01. The number of carbonyl (C=O) groups excluding carboxylic acids is 1. The summed E-state index contributed by atoms with van der Waals surface area (Å²) >= 11 is 0. The summed E-state index contributed by atoms with van der Waals surface area (Å²) in [6, 6.07) is 14.5. The van der Waals surface area contributed by atoms with Crippen LogP contribution in [0.5, 0.6) is 0 Å². The molecule has 0 bridgehead atoms. The summed E-state index contributed by atoms with van der Waals surface area (Å²) in [4.78, 5) is 13.0. The van der Waals surface area contributed by atoms with Crippen LogP contribution in [0.2, 0.25) is 0 Å². The number of hydrogen-bond donors (Lipinski definition) is 2. The maximum absolute atomic E-state index is 12.8. The van der Waals surface area contributed by atoms with Crippen molar-refractivity contribution in [2.45, 2.75) is 63.8 Å². The third-order valence-electron chi connectivity index (χ3n) is 5.70. The third kappa shape index (κ3) is 5.63. The second kappa shape index (κ2) is 9.21. The first-order valence-corrected chi connectivity index (χ1v) is 12.4. The summed E-state index contributed by atoms with van der Waals surface area (Å²) < 4.78 is 25.2. The van der Waals surface area contributed by atoms with Gasteiger partial charge < -0.3 is 10.6 Å². The Morgan fingerprint density at radius 1 is 1.13 bits per heavy atom. The van der Waals surface area contributed by atoms with Crippen LogP contribution in [-0.4, -0.2) is 26.2 Å². The van der Waals surface area contributed by atoms with Gasteiger partial charge in [0.1, 0.15) is 0 Å². The van der Waals surface area contributed by atoms with Crippen LogP contribution in [0.1, 0.15) is 52.9 Å². The Morgan fingerprint density at radius 2 is 1.87 bits per heavy atom. The van der Waals surface area contributed by atoms with Gasteiger partial charge in [0.25, 0.3) is 0 Å². The molecule has 2 N–H and O–H groups in total. The molecule has 0 saturated heterocycles. The van der Waals surface area contributed by atoms with Crippen molar-refractivity contribution < 1.29 is 13.2 Å². The van der Waals surface area contributed by atoms with Gasteiger partial charge in [-0.05, 0) is 48.8 Å². The molecule has 0 heterocycles. The molecular formula is C24H32N2O3S. The van der Waals surface area contributed by atoms with Gasteiger partial charge in [-0.25, -0.2) is 13.2 Å². The zero-order valence-corrected chi connectivity index (χ0v) is 18.9. The Balaban J connectivity index is 1.87. The van der Waals surface area contributed by atoms with Gasteiger partial charge in [0.2, 0.25) is 0 Å². The monoisotopic (exact) mass is 428 g/mol. The van der Waals surface area contributed by atoms with Gasteiger partial charge >= 0.3 is 6.03 Å². The van der Waals surface area contributed by atoms with Crippen molar-refractivity contribution in [2.24, 2.45) is 5.41 Å². The van der Waals surface area contributed by atoms with E-state index in [9.17, 15) is 13.2 Å². The van der Waals surface area contributed by atoms with E-state index in [1.807, 2.05) is 37.3 Å². The maximum atomic E-state index is 12.8. The maximum Gasteiger partial charge on any atom is 0.319 e. The molecule has 1 saturated carbocycles. The number of benzene rings is 2. The van der Waals surface area contributed by atoms with Crippen molar-refractivity contribution in [3.05, 3.63) is 48.5 Å².